The smallest absolute Gasteiger partial charge is 0.224 e. The summed E-state index contributed by atoms with van der Waals surface area (Å²) in [6.45, 7) is 4.41. The Balaban J connectivity index is 1.50. The molecule has 0 aliphatic carbocycles. The van der Waals surface area contributed by atoms with Crippen LogP contribution in [0.25, 0.3) is 0 Å². The predicted octanol–water partition coefficient (Wildman–Crippen LogP) is 4.52. The SMILES string of the molecule is O=C(CCc1cccs1)Nc1cc(N2CCCC2)ccc1N1CCCC1. The lowest BCUT2D eigenvalue weighted by Gasteiger charge is -2.25. The Morgan fingerprint density at radius 3 is 2.42 bits per heavy atom. The molecule has 0 unspecified atom stereocenters. The first-order valence-electron chi connectivity index (χ1n) is 9.76. The van der Waals surface area contributed by atoms with Gasteiger partial charge in [0.1, 0.15) is 0 Å². The molecule has 4 rings (SSSR count). The molecule has 26 heavy (non-hydrogen) atoms. The molecule has 2 saturated heterocycles. The molecule has 1 amide bonds. The highest BCUT2D eigenvalue weighted by Gasteiger charge is 2.20. The molecule has 1 aromatic carbocycles. The summed E-state index contributed by atoms with van der Waals surface area (Å²) >= 11 is 1.72. The maximum atomic E-state index is 12.6. The van der Waals surface area contributed by atoms with Crippen LogP contribution in [0.4, 0.5) is 17.1 Å². The van der Waals surface area contributed by atoms with Crippen molar-refractivity contribution >= 4 is 34.3 Å². The normalized spacial score (nSPS) is 17.1. The van der Waals surface area contributed by atoms with Crippen LogP contribution in [-0.4, -0.2) is 32.1 Å². The number of rotatable bonds is 6. The van der Waals surface area contributed by atoms with Crippen molar-refractivity contribution in [1.82, 2.24) is 0 Å². The minimum Gasteiger partial charge on any atom is -0.371 e. The Labute approximate surface area is 159 Å². The lowest BCUT2D eigenvalue weighted by atomic mass is 10.2. The number of carbonyl (C=O) groups excluding carboxylic acids is 1. The molecule has 4 nitrogen and oxygen atoms in total. The number of carbonyl (C=O) groups is 1. The highest BCUT2D eigenvalue weighted by atomic mass is 32.1. The Bertz CT molecular complexity index is 732. The van der Waals surface area contributed by atoms with E-state index in [0.29, 0.717) is 6.42 Å². The second-order valence-electron chi connectivity index (χ2n) is 7.22. The molecule has 0 bridgehead atoms. The van der Waals surface area contributed by atoms with Gasteiger partial charge in [0.25, 0.3) is 0 Å². The number of amides is 1. The van der Waals surface area contributed by atoms with E-state index in [-0.39, 0.29) is 5.91 Å². The number of nitrogens with one attached hydrogen (secondary N) is 1. The summed E-state index contributed by atoms with van der Waals surface area (Å²) in [5.74, 6) is 0.109. The van der Waals surface area contributed by atoms with E-state index >= 15 is 0 Å². The molecule has 0 atom stereocenters. The van der Waals surface area contributed by atoms with E-state index in [1.807, 2.05) is 6.07 Å². The highest BCUT2D eigenvalue weighted by molar-refractivity contribution is 7.09. The van der Waals surface area contributed by atoms with E-state index in [1.165, 1.54) is 41.9 Å². The van der Waals surface area contributed by atoms with Crippen molar-refractivity contribution in [1.29, 1.82) is 0 Å². The van der Waals surface area contributed by atoms with Gasteiger partial charge in [-0.1, -0.05) is 6.07 Å². The fraction of sp³-hybridized carbons (Fsp3) is 0.476. The molecule has 0 radical (unpaired) electrons. The predicted molar refractivity (Wildman–Crippen MR) is 111 cm³/mol. The Morgan fingerprint density at radius 2 is 1.73 bits per heavy atom. The topological polar surface area (TPSA) is 35.6 Å². The van der Waals surface area contributed by atoms with Gasteiger partial charge in [0.05, 0.1) is 11.4 Å². The van der Waals surface area contributed by atoms with Gasteiger partial charge in [-0.05, 0) is 61.7 Å². The summed E-state index contributed by atoms with van der Waals surface area (Å²) in [6, 6.07) is 10.8. The van der Waals surface area contributed by atoms with E-state index in [4.69, 9.17) is 0 Å². The zero-order chi connectivity index (χ0) is 17.8. The van der Waals surface area contributed by atoms with Crippen molar-refractivity contribution in [2.45, 2.75) is 38.5 Å². The molecule has 1 N–H and O–H groups in total. The zero-order valence-corrected chi connectivity index (χ0v) is 16.1. The average molecular weight is 370 g/mol. The van der Waals surface area contributed by atoms with Crippen LogP contribution >= 0.6 is 11.3 Å². The van der Waals surface area contributed by atoms with Gasteiger partial charge in [0, 0.05) is 43.2 Å². The second-order valence-corrected chi connectivity index (χ2v) is 8.25. The second kappa shape index (κ2) is 8.12. The largest absolute Gasteiger partial charge is 0.371 e. The third-order valence-electron chi connectivity index (χ3n) is 5.35. The summed E-state index contributed by atoms with van der Waals surface area (Å²) in [5, 5.41) is 5.28. The van der Waals surface area contributed by atoms with Gasteiger partial charge in [-0.15, -0.1) is 11.3 Å². The molecule has 2 fully saturated rings. The fourth-order valence-electron chi connectivity index (χ4n) is 3.93. The molecular formula is C21H27N3OS. The lowest BCUT2D eigenvalue weighted by Crippen LogP contribution is -2.23. The number of hydrogen-bond donors (Lipinski definition) is 1. The van der Waals surface area contributed by atoms with Gasteiger partial charge in [0.15, 0.2) is 0 Å². The lowest BCUT2D eigenvalue weighted by molar-refractivity contribution is -0.116. The van der Waals surface area contributed by atoms with Crippen molar-refractivity contribution < 1.29 is 4.79 Å². The van der Waals surface area contributed by atoms with Crippen LogP contribution in [0.3, 0.4) is 0 Å². The first-order valence-corrected chi connectivity index (χ1v) is 10.6. The molecule has 0 saturated carbocycles. The van der Waals surface area contributed by atoms with Crippen LogP contribution in [0.15, 0.2) is 35.7 Å². The minimum absolute atomic E-state index is 0.109. The summed E-state index contributed by atoms with van der Waals surface area (Å²) in [6.07, 6.45) is 6.34. The van der Waals surface area contributed by atoms with Crippen LogP contribution in [0, 0.1) is 0 Å². The van der Waals surface area contributed by atoms with Crippen LogP contribution in [0.1, 0.15) is 37.0 Å². The molecule has 2 aliphatic rings. The van der Waals surface area contributed by atoms with Crippen LogP contribution in [0.2, 0.25) is 0 Å². The van der Waals surface area contributed by atoms with Gasteiger partial charge < -0.3 is 15.1 Å². The van der Waals surface area contributed by atoms with E-state index in [0.717, 1.165) is 38.3 Å². The van der Waals surface area contributed by atoms with Gasteiger partial charge in [0.2, 0.25) is 5.91 Å². The van der Waals surface area contributed by atoms with Gasteiger partial charge in [-0.25, -0.2) is 0 Å². The summed E-state index contributed by atoms with van der Waals surface area (Å²) in [4.78, 5) is 18.7. The van der Waals surface area contributed by atoms with Crippen LogP contribution < -0.4 is 15.1 Å². The Kier molecular flexibility index (Phi) is 5.44. The standard InChI is InChI=1S/C21H27N3OS/c25-21(10-8-18-6-5-15-26-18)22-19-16-17(23-11-1-2-12-23)7-9-20(19)24-13-3-4-14-24/h5-7,9,15-16H,1-4,8,10-14H2,(H,22,25). The first kappa shape index (κ1) is 17.4. The third kappa shape index (κ3) is 4.04. The fourth-order valence-corrected chi connectivity index (χ4v) is 4.64. The molecule has 2 aliphatic heterocycles. The van der Waals surface area contributed by atoms with Crippen LogP contribution in [0.5, 0.6) is 0 Å². The number of nitrogens with zero attached hydrogens (tertiary/aromatic N) is 2. The van der Waals surface area contributed by atoms with Crippen molar-refractivity contribution in [3.8, 4) is 0 Å². The maximum Gasteiger partial charge on any atom is 0.224 e. The van der Waals surface area contributed by atoms with E-state index < -0.39 is 0 Å². The number of benzene rings is 1. The highest BCUT2D eigenvalue weighted by Crippen LogP contribution is 2.34. The van der Waals surface area contributed by atoms with Gasteiger partial charge in [-0.2, -0.15) is 0 Å². The summed E-state index contributed by atoms with van der Waals surface area (Å²) < 4.78 is 0. The molecule has 3 heterocycles. The number of hydrogen-bond acceptors (Lipinski definition) is 4. The van der Waals surface area contributed by atoms with Crippen molar-refractivity contribution in [3.05, 3.63) is 40.6 Å². The van der Waals surface area contributed by atoms with E-state index in [9.17, 15) is 4.79 Å². The summed E-state index contributed by atoms with van der Waals surface area (Å²) in [5.41, 5.74) is 3.39. The van der Waals surface area contributed by atoms with Crippen LogP contribution in [-0.2, 0) is 11.2 Å². The van der Waals surface area contributed by atoms with Crippen molar-refractivity contribution in [2.24, 2.45) is 0 Å². The van der Waals surface area contributed by atoms with Crippen molar-refractivity contribution in [3.63, 3.8) is 0 Å². The number of aryl methyl sites for hydroxylation is 1. The molecule has 138 valence electrons. The maximum absolute atomic E-state index is 12.6. The summed E-state index contributed by atoms with van der Waals surface area (Å²) in [7, 11) is 0. The van der Waals surface area contributed by atoms with Crippen molar-refractivity contribution in [2.75, 3.05) is 41.3 Å². The molecule has 5 heteroatoms. The molecule has 0 spiro atoms. The quantitative estimate of drug-likeness (QED) is 0.813. The first-order chi connectivity index (χ1) is 12.8. The molecule has 2 aromatic rings. The average Bonchev–Trinajstić information content (AvgIpc) is 3.43. The zero-order valence-electron chi connectivity index (χ0n) is 15.2. The van der Waals surface area contributed by atoms with Gasteiger partial charge in [-0.3, -0.25) is 4.79 Å². The Morgan fingerprint density at radius 1 is 1.00 bits per heavy atom. The third-order valence-corrected chi connectivity index (χ3v) is 6.29. The molecule has 1 aromatic heterocycles. The minimum atomic E-state index is 0.109. The monoisotopic (exact) mass is 369 g/mol. The van der Waals surface area contributed by atoms with Gasteiger partial charge >= 0.3 is 0 Å². The van der Waals surface area contributed by atoms with E-state index in [1.54, 1.807) is 11.3 Å². The number of thiophene rings is 1. The molecular weight excluding hydrogens is 342 g/mol. The number of anilines is 3. The Hall–Kier alpha value is -2.01. The van der Waals surface area contributed by atoms with E-state index in [2.05, 4.69) is 44.8 Å².